The number of unbranched alkanes of at least 4 members (excludes halogenated alkanes) is 1. The van der Waals surface area contributed by atoms with E-state index in [1.807, 2.05) is 18.4 Å². The fraction of sp³-hybridized carbons (Fsp3) is 0.579. The van der Waals surface area contributed by atoms with Gasteiger partial charge in [0.1, 0.15) is 6.17 Å². The Hall–Kier alpha value is -1.40. The largest absolute Gasteiger partial charge is 0.341 e. The number of thioether (sulfide) groups is 1. The first-order valence-corrected chi connectivity index (χ1v) is 10.7. The van der Waals surface area contributed by atoms with Gasteiger partial charge in [0.2, 0.25) is 0 Å². The maximum atomic E-state index is 13.5. The first kappa shape index (κ1) is 20.9. The Kier molecular flexibility index (Phi) is 7.24. The minimum absolute atomic E-state index is 0.0291. The third-order valence-corrected chi connectivity index (χ3v) is 5.93. The molecule has 2 unspecified atom stereocenters. The lowest BCUT2D eigenvalue weighted by molar-refractivity contribution is -0.133. The summed E-state index contributed by atoms with van der Waals surface area (Å²) in [5, 5.41) is 3.35. The lowest BCUT2D eigenvalue weighted by atomic mass is 9.85. The fourth-order valence-corrected chi connectivity index (χ4v) is 4.33. The van der Waals surface area contributed by atoms with Gasteiger partial charge in [-0.1, -0.05) is 37.1 Å². The second-order valence-electron chi connectivity index (χ2n) is 6.57. The van der Waals surface area contributed by atoms with E-state index in [2.05, 4.69) is 12.2 Å². The summed E-state index contributed by atoms with van der Waals surface area (Å²) in [6.07, 6.45) is 5.06. The average Bonchev–Trinajstić information content (AvgIpc) is 2.86. The number of carbonyl (C=O) groups is 2. The van der Waals surface area contributed by atoms with E-state index in [-0.39, 0.29) is 18.1 Å². The van der Waals surface area contributed by atoms with Crippen LogP contribution in [0.3, 0.4) is 0 Å². The molecule has 1 aliphatic heterocycles. The third-order valence-electron chi connectivity index (χ3n) is 5.07. The minimum Gasteiger partial charge on any atom is -0.341 e. The summed E-state index contributed by atoms with van der Waals surface area (Å²) in [5.41, 5.74) is -0.184. The first-order chi connectivity index (χ1) is 12.4. The van der Waals surface area contributed by atoms with Gasteiger partial charge in [0.15, 0.2) is 5.54 Å². The van der Waals surface area contributed by atoms with Crippen molar-refractivity contribution in [1.29, 1.82) is 0 Å². The summed E-state index contributed by atoms with van der Waals surface area (Å²) in [6.45, 7) is 2.11. The molecule has 0 bridgehead atoms. The van der Waals surface area contributed by atoms with Crippen molar-refractivity contribution in [3.05, 3.63) is 34.9 Å². The third kappa shape index (κ3) is 3.67. The predicted molar refractivity (Wildman–Crippen MR) is 109 cm³/mol. The molecule has 26 heavy (non-hydrogen) atoms. The van der Waals surface area contributed by atoms with Crippen molar-refractivity contribution in [2.45, 2.75) is 44.3 Å². The van der Waals surface area contributed by atoms with E-state index in [1.54, 1.807) is 47.8 Å². The number of urea groups is 1. The highest BCUT2D eigenvalue weighted by atomic mass is 35.5. The number of hydrogen-bond donors (Lipinski definition) is 1. The van der Waals surface area contributed by atoms with Crippen LogP contribution in [0.15, 0.2) is 24.3 Å². The number of likely N-dealkylation sites (N-methyl/N-ethyl adjacent to an activating group) is 1. The lowest BCUT2D eigenvalue weighted by Crippen LogP contribution is -2.54. The molecule has 1 saturated heterocycles. The van der Waals surface area contributed by atoms with Crippen LogP contribution in [-0.2, 0) is 10.3 Å². The molecule has 1 aromatic rings. The Morgan fingerprint density at radius 3 is 2.54 bits per heavy atom. The molecule has 1 heterocycles. The molecular weight excluding hydrogens is 370 g/mol. The van der Waals surface area contributed by atoms with Crippen LogP contribution in [-0.4, -0.2) is 54.0 Å². The zero-order valence-electron chi connectivity index (χ0n) is 15.9. The fourth-order valence-electron chi connectivity index (χ4n) is 3.71. The van der Waals surface area contributed by atoms with E-state index in [1.165, 1.54) is 0 Å². The monoisotopic (exact) mass is 397 g/mol. The van der Waals surface area contributed by atoms with E-state index >= 15 is 0 Å². The highest BCUT2D eigenvalue weighted by molar-refractivity contribution is 7.98. The zero-order valence-corrected chi connectivity index (χ0v) is 17.5. The smallest absolute Gasteiger partial charge is 0.319 e. The molecule has 0 aliphatic carbocycles. The van der Waals surface area contributed by atoms with Crippen molar-refractivity contribution in [3.63, 3.8) is 0 Å². The van der Waals surface area contributed by atoms with Gasteiger partial charge in [-0.05, 0) is 49.0 Å². The highest BCUT2D eigenvalue weighted by Gasteiger charge is 2.58. The highest BCUT2D eigenvalue weighted by Crippen LogP contribution is 2.44. The van der Waals surface area contributed by atoms with Gasteiger partial charge in [-0.2, -0.15) is 11.8 Å². The van der Waals surface area contributed by atoms with Crippen LogP contribution in [0.25, 0.3) is 0 Å². The van der Waals surface area contributed by atoms with E-state index in [9.17, 15) is 9.59 Å². The molecule has 0 saturated carbocycles. The van der Waals surface area contributed by atoms with Gasteiger partial charge in [0.25, 0.3) is 5.91 Å². The van der Waals surface area contributed by atoms with E-state index in [0.717, 1.165) is 30.6 Å². The van der Waals surface area contributed by atoms with Crippen molar-refractivity contribution in [1.82, 2.24) is 15.1 Å². The van der Waals surface area contributed by atoms with Gasteiger partial charge in [-0.15, -0.1) is 0 Å². The molecule has 1 aliphatic rings. The summed E-state index contributed by atoms with van der Waals surface area (Å²) >= 11 is 7.74. The topological polar surface area (TPSA) is 52.7 Å². The zero-order chi connectivity index (χ0) is 19.3. The van der Waals surface area contributed by atoms with Gasteiger partial charge >= 0.3 is 6.03 Å². The van der Waals surface area contributed by atoms with Crippen molar-refractivity contribution in [2.75, 3.05) is 26.1 Å². The van der Waals surface area contributed by atoms with Crippen LogP contribution in [0.5, 0.6) is 0 Å². The SMILES string of the molecule is CCCCC1N(C)C(=O)C(CCSC)(c2ccc(Cl)cc2)N1C(=O)NC. The Balaban J connectivity index is 2.61. The molecule has 0 radical (unpaired) electrons. The minimum atomic E-state index is -0.999. The molecule has 1 fully saturated rings. The number of halogens is 1. The van der Waals surface area contributed by atoms with Gasteiger partial charge in [0.05, 0.1) is 0 Å². The second-order valence-corrected chi connectivity index (χ2v) is 8.00. The quantitative estimate of drug-likeness (QED) is 0.758. The number of nitrogens with one attached hydrogen (secondary N) is 1. The first-order valence-electron chi connectivity index (χ1n) is 8.97. The molecule has 3 amide bonds. The maximum absolute atomic E-state index is 13.5. The van der Waals surface area contributed by atoms with Crippen LogP contribution in [0.2, 0.25) is 5.02 Å². The van der Waals surface area contributed by atoms with Crippen molar-refractivity contribution in [2.24, 2.45) is 0 Å². The van der Waals surface area contributed by atoms with Crippen LogP contribution >= 0.6 is 23.4 Å². The Morgan fingerprint density at radius 1 is 1.35 bits per heavy atom. The number of benzene rings is 1. The van der Waals surface area contributed by atoms with Gasteiger partial charge in [-0.3, -0.25) is 9.69 Å². The Morgan fingerprint density at radius 2 is 2.00 bits per heavy atom. The van der Waals surface area contributed by atoms with Crippen LogP contribution in [0.1, 0.15) is 38.2 Å². The van der Waals surface area contributed by atoms with E-state index < -0.39 is 5.54 Å². The Labute approximate surface area is 165 Å². The van der Waals surface area contributed by atoms with Crippen molar-refractivity contribution < 1.29 is 9.59 Å². The normalized spacial score (nSPS) is 22.8. The van der Waals surface area contributed by atoms with Crippen LogP contribution in [0.4, 0.5) is 4.79 Å². The molecule has 1 aromatic carbocycles. The van der Waals surface area contributed by atoms with Crippen molar-refractivity contribution in [3.8, 4) is 0 Å². The summed E-state index contributed by atoms with van der Waals surface area (Å²) in [6, 6.07) is 7.08. The molecule has 144 valence electrons. The Bertz CT molecular complexity index is 640. The maximum Gasteiger partial charge on any atom is 0.319 e. The summed E-state index contributed by atoms with van der Waals surface area (Å²) in [5.74, 6) is 0.745. The number of hydrogen-bond acceptors (Lipinski definition) is 3. The van der Waals surface area contributed by atoms with Crippen LogP contribution < -0.4 is 5.32 Å². The molecule has 0 aromatic heterocycles. The van der Waals surface area contributed by atoms with Crippen LogP contribution in [0, 0.1) is 0 Å². The molecular formula is C19H28ClN3O2S. The molecule has 2 rings (SSSR count). The summed E-state index contributed by atoms with van der Waals surface area (Å²) < 4.78 is 0. The molecule has 1 N–H and O–H groups in total. The van der Waals surface area contributed by atoms with Crippen molar-refractivity contribution >= 4 is 35.3 Å². The number of rotatable bonds is 7. The standard InChI is InChI=1S/C19H28ClN3O2S/c1-5-6-7-16-22(3)17(24)19(12-13-26-4,23(16)18(25)21-2)14-8-10-15(20)11-9-14/h8-11,16H,5-7,12-13H2,1-4H3,(H,21,25). The number of nitrogens with zero attached hydrogens (tertiary/aromatic N) is 2. The van der Waals surface area contributed by atoms with Gasteiger partial charge in [-0.25, -0.2) is 4.79 Å². The van der Waals surface area contributed by atoms with Gasteiger partial charge < -0.3 is 10.2 Å². The molecule has 2 atom stereocenters. The second kappa shape index (κ2) is 9.00. The predicted octanol–water partition coefficient (Wildman–Crippen LogP) is 3.92. The molecule has 7 heteroatoms. The van der Waals surface area contributed by atoms with Gasteiger partial charge in [0, 0.05) is 19.1 Å². The average molecular weight is 398 g/mol. The van der Waals surface area contributed by atoms with E-state index in [4.69, 9.17) is 11.6 Å². The van der Waals surface area contributed by atoms with E-state index in [0.29, 0.717) is 11.4 Å². The molecule has 5 nitrogen and oxygen atoms in total. The number of amides is 3. The summed E-state index contributed by atoms with van der Waals surface area (Å²) in [7, 11) is 3.42. The summed E-state index contributed by atoms with van der Waals surface area (Å²) in [4.78, 5) is 29.9. The number of carbonyl (C=O) groups excluding carboxylic acids is 2. The molecule has 0 spiro atoms. The lowest BCUT2D eigenvalue weighted by Gasteiger charge is -2.38.